The molecule has 1 aliphatic rings. The third kappa shape index (κ3) is 9.85. The lowest BCUT2D eigenvalue weighted by Crippen LogP contribution is -2.57. The summed E-state index contributed by atoms with van der Waals surface area (Å²) in [6, 6.07) is -4.05. The minimum absolute atomic E-state index is 0.187. The van der Waals surface area contributed by atoms with Crippen LogP contribution < -0.4 is 22.1 Å². The van der Waals surface area contributed by atoms with Crippen LogP contribution in [0.25, 0.3) is 0 Å². The molecule has 0 aliphatic carbocycles. The second kappa shape index (κ2) is 15.5. The van der Waals surface area contributed by atoms with E-state index in [0.29, 0.717) is 44.4 Å². The van der Waals surface area contributed by atoms with Crippen LogP contribution in [0.3, 0.4) is 0 Å². The van der Waals surface area contributed by atoms with Gasteiger partial charge in [-0.15, -0.1) is 0 Å². The lowest BCUT2D eigenvalue weighted by molar-refractivity contribution is -0.149. The molecule has 0 spiro atoms. The number of carboxylic acids is 2. The molecule has 194 valence electrons. The van der Waals surface area contributed by atoms with Crippen molar-refractivity contribution in [2.45, 2.75) is 75.5 Å². The third-order valence-electron chi connectivity index (χ3n) is 5.63. The Hall–Kier alpha value is -2.38. The Bertz CT molecular complexity index is 724. The second-order valence-corrected chi connectivity index (χ2v) is 9.24. The maximum absolute atomic E-state index is 13.1. The zero-order valence-electron chi connectivity index (χ0n) is 19.5. The summed E-state index contributed by atoms with van der Waals surface area (Å²) in [7, 11) is 0. The topological polar surface area (TPSA) is 205 Å². The van der Waals surface area contributed by atoms with E-state index in [1.54, 1.807) is 0 Å². The number of hydrogen-bond donors (Lipinski definition) is 6. The first kappa shape index (κ1) is 29.7. The molecule has 13 heteroatoms. The maximum atomic E-state index is 13.1. The number of amides is 3. The van der Waals surface area contributed by atoms with Gasteiger partial charge < -0.3 is 37.2 Å². The molecule has 0 aromatic rings. The number of carboxylic acid groups (broad SMARTS) is 2. The van der Waals surface area contributed by atoms with Crippen molar-refractivity contribution >= 4 is 41.4 Å². The highest BCUT2D eigenvalue weighted by molar-refractivity contribution is 7.98. The summed E-state index contributed by atoms with van der Waals surface area (Å²) < 4.78 is 0. The number of hydrogen-bond acceptors (Lipinski definition) is 8. The maximum Gasteiger partial charge on any atom is 0.326 e. The van der Waals surface area contributed by atoms with Gasteiger partial charge in [0, 0.05) is 13.0 Å². The molecule has 3 amide bonds. The van der Waals surface area contributed by atoms with Crippen molar-refractivity contribution < 1.29 is 34.2 Å². The van der Waals surface area contributed by atoms with E-state index in [9.17, 15) is 29.1 Å². The van der Waals surface area contributed by atoms with E-state index in [0.717, 1.165) is 0 Å². The average molecular weight is 504 g/mol. The van der Waals surface area contributed by atoms with Crippen molar-refractivity contribution in [1.29, 1.82) is 0 Å². The number of nitrogens with zero attached hydrogens (tertiary/aromatic N) is 1. The smallest absolute Gasteiger partial charge is 0.326 e. The molecule has 1 rings (SSSR count). The number of unbranched alkanes of at least 4 members (excludes halogenated alkanes) is 1. The van der Waals surface area contributed by atoms with Gasteiger partial charge in [0.1, 0.15) is 18.1 Å². The number of carbonyl (C=O) groups excluding carboxylic acids is 3. The first-order valence-electron chi connectivity index (χ1n) is 11.4. The van der Waals surface area contributed by atoms with Crippen LogP contribution in [-0.2, 0) is 24.0 Å². The van der Waals surface area contributed by atoms with Gasteiger partial charge in [-0.05, 0) is 63.5 Å². The molecule has 1 fully saturated rings. The molecule has 12 nitrogen and oxygen atoms in total. The van der Waals surface area contributed by atoms with Crippen LogP contribution in [0, 0.1) is 0 Å². The van der Waals surface area contributed by atoms with Gasteiger partial charge in [-0.3, -0.25) is 19.2 Å². The molecule has 1 heterocycles. The van der Waals surface area contributed by atoms with E-state index in [-0.39, 0.29) is 25.8 Å². The van der Waals surface area contributed by atoms with Gasteiger partial charge in [-0.2, -0.15) is 11.8 Å². The summed E-state index contributed by atoms with van der Waals surface area (Å²) in [4.78, 5) is 62.4. The molecule has 4 unspecified atom stereocenters. The first-order chi connectivity index (χ1) is 16.1. The lowest BCUT2D eigenvalue weighted by atomic mass is 10.0. The monoisotopic (exact) mass is 503 g/mol. The largest absolute Gasteiger partial charge is 0.481 e. The van der Waals surface area contributed by atoms with Crippen LogP contribution in [0.5, 0.6) is 0 Å². The molecule has 4 atom stereocenters. The van der Waals surface area contributed by atoms with Crippen LogP contribution in [-0.4, -0.2) is 94.0 Å². The SMILES string of the molecule is CSCCC(N)C(=O)NC(CCC(=O)O)C(=O)NC(CCCCN)C(=O)N1CCCC1C(=O)O. The molecule has 0 saturated carbocycles. The molecule has 0 aromatic carbocycles. The van der Waals surface area contributed by atoms with Crippen LogP contribution in [0.15, 0.2) is 0 Å². The lowest BCUT2D eigenvalue weighted by Gasteiger charge is -2.29. The predicted octanol–water partition coefficient (Wildman–Crippen LogP) is -0.894. The Kier molecular flexibility index (Phi) is 13.5. The molecular formula is C21H37N5O7S. The Morgan fingerprint density at radius 2 is 1.71 bits per heavy atom. The minimum Gasteiger partial charge on any atom is -0.481 e. The number of thioether (sulfide) groups is 1. The van der Waals surface area contributed by atoms with Crippen molar-refractivity contribution in [3.8, 4) is 0 Å². The van der Waals surface area contributed by atoms with Crippen molar-refractivity contribution in [1.82, 2.24) is 15.5 Å². The van der Waals surface area contributed by atoms with Crippen molar-refractivity contribution in [3.63, 3.8) is 0 Å². The van der Waals surface area contributed by atoms with E-state index >= 15 is 0 Å². The van der Waals surface area contributed by atoms with Gasteiger partial charge >= 0.3 is 11.9 Å². The zero-order valence-corrected chi connectivity index (χ0v) is 20.3. The van der Waals surface area contributed by atoms with E-state index in [4.69, 9.17) is 16.6 Å². The Morgan fingerprint density at radius 3 is 2.29 bits per heavy atom. The fourth-order valence-electron chi connectivity index (χ4n) is 3.70. The van der Waals surface area contributed by atoms with Gasteiger partial charge in [0.15, 0.2) is 0 Å². The van der Waals surface area contributed by atoms with E-state index in [2.05, 4.69) is 10.6 Å². The third-order valence-corrected chi connectivity index (χ3v) is 6.28. The van der Waals surface area contributed by atoms with Gasteiger partial charge in [-0.1, -0.05) is 0 Å². The Balaban J connectivity index is 2.98. The van der Waals surface area contributed by atoms with Crippen LogP contribution in [0.1, 0.15) is 51.4 Å². The summed E-state index contributed by atoms with van der Waals surface area (Å²) >= 11 is 1.51. The highest BCUT2D eigenvalue weighted by Crippen LogP contribution is 2.20. The highest BCUT2D eigenvalue weighted by atomic mass is 32.2. The average Bonchev–Trinajstić information content (AvgIpc) is 3.29. The van der Waals surface area contributed by atoms with Crippen LogP contribution in [0.4, 0.5) is 0 Å². The molecule has 34 heavy (non-hydrogen) atoms. The molecule has 1 saturated heterocycles. The summed E-state index contributed by atoms with van der Waals surface area (Å²) in [6.45, 7) is 0.657. The molecule has 1 aliphatic heterocycles. The fourth-order valence-corrected chi connectivity index (χ4v) is 4.19. The summed E-state index contributed by atoms with van der Waals surface area (Å²) in [5, 5.41) is 23.6. The molecule has 8 N–H and O–H groups in total. The predicted molar refractivity (Wildman–Crippen MR) is 127 cm³/mol. The second-order valence-electron chi connectivity index (χ2n) is 8.26. The fraction of sp³-hybridized carbons (Fsp3) is 0.762. The van der Waals surface area contributed by atoms with Crippen molar-refractivity contribution in [3.05, 3.63) is 0 Å². The van der Waals surface area contributed by atoms with Crippen molar-refractivity contribution in [2.75, 3.05) is 25.1 Å². The summed E-state index contributed by atoms with van der Waals surface area (Å²) in [6.07, 6.45) is 3.90. The number of nitrogens with one attached hydrogen (secondary N) is 2. The minimum atomic E-state index is -1.21. The van der Waals surface area contributed by atoms with Gasteiger partial charge in [0.05, 0.1) is 6.04 Å². The molecule has 0 bridgehead atoms. The highest BCUT2D eigenvalue weighted by Gasteiger charge is 2.38. The Morgan fingerprint density at radius 1 is 1.03 bits per heavy atom. The number of carbonyl (C=O) groups is 5. The van der Waals surface area contributed by atoms with Crippen LogP contribution >= 0.6 is 11.8 Å². The quantitative estimate of drug-likeness (QED) is 0.143. The van der Waals surface area contributed by atoms with Gasteiger partial charge in [-0.25, -0.2) is 4.79 Å². The standard InChI is InChI=1S/C21H37N5O7S/c1-34-12-9-13(23)18(29)24-14(7-8-17(27)28)19(30)25-15(5-2-3-10-22)20(31)26-11-4-6-16(26)21(32)33/h13-16H,2-12,22-23H2,1H3,(H,24,29)(H,25,30)(H,27,28)(H,32,33). The van der Waals surface area contributed by atoms with E-state index in [1.165, 1.54) is 16.7 Å². The summed E-state index contributed by atoms with van der Waals surface area (Å²) in [5.41, 5.74) is 11.4. The molecule has 0 aromatic heterocycles. The van der Waals surface area contributed by atoms with Gasteiger partial charge in [0.2, 0.25) is 17.7 Å². The number of nitrogens with two attached hydrogens (primary N) is 2. The Labute approximate surface area is 203 Å². The van der Waals surface area contributed by atoms with Crippen LogP contribution in [0.2, 0.25) is 0 Å². The normalized spacial score (nSPS) is 18.1. The van der Waals surface area contributed by atoms with E-state index < -0.39 is 53.8 Å². The molecule has 0 radical (unpaired) electrons. The number of aliphatic carboxylic acids is 2. The van der Waals surface area contributed by atoms with Gasteiger partial charge in [0.25, 0.3) is 0 Å². The zero-order chi connectivity index (χ0) is 25.7. The number of likely N-dealkylation sites (tertiary alicyclic amines) is 1. The first-order valence-corrected chi connectivity index (χ1v) is 12.8. The summed E-state index contributed by atoms with van der Waals surface area (Å²) in [5.74, 6) is -3.44. The van der Waals surface area contributed by atoms with E-state index in [1.807, 2.05) is 6.26 Å². The van der Waals surface area contributed by atoms with Crippen molar-refractivity contribution in [2.24, 2.45) is 11.5 Å². The number of rotatable bonds is 16. The molecular weight excluding hydrogens is 466 g/mol.